The number of rotatable bonds is 0. The molecule has 0 N–H and O–H groups in total. The van der Waals surface area contributed by atoms with Crippen molar-refractivity contribution in [3.63, 3.8) is 0 Å². The predicted octanol–water partition coefficient (Wildman–Crippen LogP) is 3.71. The molecule has 0 bridgehead atoms. The van der Waals surface area contributed by atoms with Gasteiger partial charge in [0.1, 0.15) is 0 Å². The first-order valence-corrected chi connectivity index (χ1v) is 5.00. The molecule has 2 aliphatic rings. The van der Waals surface area contributed by atoms with Crippen LogP contribution < -0.4 is 0 Å². The lowest BCUT2D eigenvalue weighted by Crippen LogP contribution is -2.03. The molecule has 0 nitrogen and oxygen atoms in total. The summed E-state index contributed by atoms with van der Waals surface area (Å²) in [5, 5.41) is 0. The fourth-order valence-corrected chi connectivity index (χ4v) is 2.19. The van der Waals surface area contributed by atoms with Crippen molar-refractivity contribution in [3.8, 4) is 0 Å². The van der Waals surface area contributed by atoms with Gasteiger partial charge in [-0.15, -0.1) is 0 Å². The number of halogens is 2. The van der Waals surface area contributed by atoms with Gasteiger partial charge in [0.25, 0.3) is 5.92 Å². The van der Waals surface area contributed by atoms with Gasteiger partial charge in [-0.2, -0.15) is 0 Å². The SMILES string of the molecule is CC.CC1CCC2C(C1)C2(F)F. The van der Waals surface area contributed by atoms with Crippen LogP contribution in [-0.4, -0.2) is 5.92 Å². The molecular weight excluding hydrogens is 158 g/mol. The molecule has 3 atom stereocenters. The maximum Gasteiger partial charge on any atom is 0.254 e. The molecule has 2 aliphatic carbocycles. The van der Waals surface area contributed by atoms with Gasteiger partial charge in [-0.25, -0.2) is 8.78 Å². The average Bonchev–Trinajstić information content (AvgIpc) is 2.58. The van der Waals surface area contributed by atoms with Crippen LogP contribution in [0.1, 0.15) is 40.0 Å². The van der Waals surface area contributed by atoms with Crippen LogP contribution in [0.5, 0.6) is 0 Å². The van der Waals surface area contributed by atoms with Crippen LogP contribution in [0.4, 0.5) is 8.78 Å². The molecular formula is C10H18F2. The Morgan fingerprint density at radius 2 is 1.67 bits per heavy atom. The minimum atomic E-state index is -2.27. The Morgan fingerprint density at radius 3 is 2.08 bits per heavy atom. The Balaban J connectivity index is 0.000000336. The number of hydrogen-bond acceptors (Lipinski definition) is 0. The van der Waals surface area contributed by atoms with E-state index in [1.54, 1.807) is 0 Å². The average molecular weight is 176 g/mol. The van der Waals surface area contributed by atoms with E-state index < -0.39 is 5.92 Å². The summed E-state index contributed by atoms with van der Waals surface area (Å²) < 4.78 is 25.3. The lowest BCUT2D eigenvalue weighted by atomic mass is 9.91. The first kappa shape index (κ1) is 9.94. The topological polar surface area (TPSA) is 0 Å². The third-order valence-electron chi connectivity index (χ3n) is 2.99. The van der Waals surface area contributed by atoms with Gasteiger partial charge in [0, 0.05) is 11.8 Å². The van der Waals surface area contributed by atoms with Crippen molar-refractivity contribution in [2.24, 2.45) is 17.8 Å². The minimum Gasteiger partial charge on any atom is -0.206 e. The van der Waals surface area contributed by atoms with Crippen molar-refractivity contribution >= 4 is 0 Å². The van der Waals surface area contributed by atoms with Crippen molar-refractivity contribution in [3.05, 3.63) is 0 Å². The quantitative estimate of drug-likeness (QED) is 0.527. The Bertz CT molecular complexity index is 154. The van der Waals surface area contributed by atoms with Gasteiger partial charge < -0.3 is 0 Å². The molecule has 12 heavy (non-hydrogen) atoms. The Morgan fingerprint density at radius 1 is 1.08 bits per heavy atom. The first-order chi connectivity index (χ1) is 5.62. The highest BCUT2D eigenvalue weighted by Gasteiger charge is 2.68. The predicted molar refractivity (Wildman–Crippen MR) is 46.3 cm³/mol. The molecule has 0 saturated heterocycles. The maximum absolute atomic E-state index is 12.7. The van der Waals surface area contributed by atoms with Crippen molar-refractivity contribution in [1.82, 2.24) is 0 Å². The zero-order valence-corrected chi connectivity index (χ0v) is 8.11. The van der Waals surface area contributed by atoms with Crippen molar-refractivity contribution in [1.29, 1.82) is 0 Å². The van der Waals surface area contributed by atoms with Crippen LogP contribution in [0.3, 0.4) is 0 Å². The fourth-order valence-electron chi connectivity index (χ4n) is 2.19. The zero-order valence-electron chi connectivity index (χ0n) is 8.11. The maximum atomic E-state index is 12.7. The molecule has 0 amide bonds. The van der Waals surface area contributed by atoms with Gasteiger partial charge in [-0.05, 0) is 18.8 Å². The van der Waals surface area contributed by atoms with Crippen molar-refractivity contribution in [2.45, 2.75) is 46.0 Å². The third-order valence-corrected chi connectivity index (χ3v) is 2.99. The number of fused-ring (bicyclic) bond motifs is 1. The summed E-state index contributed by atoms with van der Waals surface area (Å²) in [5.41, 5.74) is 0. The normalized spacial score (nSPS) is 42.2. The van der Waals surface area contributed by atoms with Crippen LogP contribution in [-0.2, 0) is 0 Å². The fraction of sp³-hybridized carbons (Fsp3) is 1.00. The van der Waals surface area contributed by atoms with E-state index in [0.717, 1.165) is 19.3 Å². The van der Waals surface area contributed by atoms with Crippen LogP contribution in [0.25, 0.3) is 0 Å². The summed E-state index contributed by atoms with van der Waals surface area (Å²) in [4.78, 5) is 0. The number of hydrogen-bond donors (Lipinski definition) is 0. The molecule has 0 aromatic heterocycles. The van der Waals surface area contributed by atoms with Gasteiger partial charge in [-0.1, -0.05) is 27.2 Å². The van der Waals surface area contributed by atoms with Gasteiger partial charge >= 0.3 is 0 Å². The summed E-state index contributed by atoms with van der Waals surface area (Å²) in [6.45, 7) is 6.07. The molecule has 2 fully saturated rings. The van der Waals surface area contributed by atoms with E-state index in [4.69, 9.17) is 0 Å². The zero-order chi connectivity index (χ0) is 9.35. The molecule has 0 radical (unpaired) electrons. The molecule has 0 aromatic rings. The highest BCUT2D eigenvalue weighted by molar-refractivity contribution is 5.07. The molecule has 0 spiro atoms. The highest BCUT2D eigenvalue weighted by atomic mass is 19.3. The van der Waals surface area contributed by atoms with Crippen LogP contribution >= 0.6 is 0 Å². The second kappa shape index (κ2) is 3.31. The lowest BCUT2D eigenvalue weighted by molar-refractivity contribution is 0.0844. The van der Waals surface area contributed by atoms with E-state index >= 15 is 0 Å². The van der Waals surface area contributed by atoms with E-state index in [9.17, 15) is 8.78 Å². The van der Waals surface area contributed by atoms with Gasteiger partial charge in [0.2, 0.25) is 0 Å². The molecule has 2 rings (SSSR count). The van der Waals surface area contributed by atoms with Crippen molar-refractivity contribution in [2.75, 3.05) is 0 Å². The molecule has 72 valence electrons. The Kier molecular flexibility index (Phi) is 2.74. The van der Waals surface area contributed by atoms with Gasteiger partial charge in [-0.3, -0.25) is 0 Å². The molecule has 2 heteroatoms. The summed E-state index contributed by atoms with van der Waals surface area (Å²) in [7, 11) is 0. The molecule has 3 unspecified atom stereocenters. The van der Waals surface area contributed by atoms with E-state index in [1.165, 1.54) is 0 Å². The van der Waals surface area contributed by atoms with E-state index in [0.29, 0.717) is 5.92 Å². The first-order valence-electron chi connectivity index (χ1n) is 5.00. The third kappa shape index (κ3) is 1.48. The monoisotopic (exact) mass is 176 g/mol. The second-order valence-electron chi connectivity index (χ2n) is 3.81. The van der Waals surface area contributed by atoms with Gasteiger partial charge in [0.05, 0.1) is 0 Å². The van der Waals surface area contributed by atoms with Crippen molar-refractivity contribution < 1.29 is 8.78 Å². The lowest BCUT2D eigenvalue weighted by Gasteiger charge is -2.13. The summed E-state index contributed by atoms with van der Waals surface area (Å²) >= 11 is 0. The Labute approximate surface area is 73.3 Å². The van der Waals surface area contributed by atoms with E-state index in [1.807, 2.05) is 13.8 Å². The van der Waals surface area contributed by atoms with Gasteiger partial charge in [0.15, 0.2) is 0 Å². The minimum absolute atomic E-state index is 0.233. The summed E-state index contributed by atoms with van der Waals surface area (Å²) in [6, 6.07) is 0. The van der Waals surface area contributed by atoms with Crippen LogP contribution in [0.15, 0.2) is 0 Å². The van der Waals surface area contributed by atoms with E-state index in [2.05, 4.69) is 6.92 Å². The Hall–Kier alpha value is -0.140. The van der Waals surface area contributed by atoms with E-state index in [-0.39, 0.29) is 11.8 Å². The highest BCUT2D eigenvalue weighted by Crippen LogP contribution is 2.63. The summed E-state index contributed by atoms with van der Waals surface area (Å²) in [6.07, 6.45) is 2.53. The standard InChI is InChI=1S/C8H12F2.C2H6/c1-5-2-3-6-7(4-5)8(6,9)10;1-2/h5-7H,2-4H2,1H3;1-2H3. The molecule has 2 saturated carbocycles. The number of alkyl halides is 2. The molecule has 0 aliphatic heterocycles. The smallest absolute Gasteiger partial charge is 0.206 e. The van der Waals surface area contributed by atoms with Crippen LogP contribution in [0, 0.1) is 17.8 Å². The summed E-state index contributed by atoms with van der Waals surface area (Å²) in [5.74, 6) is -2.21. The molecule has 0 aromatic carbocycles. The second-order valence-corrected chi connectivity index (χ2v) is 3.81. The molecule has 0 heterocycles. The largest absolute Gasteiger partial charge is 0.254 e. The van der Waals surface area contributed by atoms with Crippen LogP contribution in [0.2, 0.25) is 0 Å².